The molecule has 1 N–H and O–H groups in total. The van der Waals surface area contributed by atoms with Crippen molar-refractivity contribution in [2.75, 3.05) is 0 Å². The first-order valence-corrected chi connectivity index (χ1v) is 4.64. The molecular weight excluding hydrogens is 190 g/mol. The predicted molar refractivity (Wildman–Crippen MR) is 57.0 cm³/mol. The second kappa shape index (κ2) is 4.41. The van der Waals surface area contributed by atoms with Crippen molar-refractivity contribution in [3.63, 3.8) is 0 Å². The maximum atomic E-state index is 8.93. The minimum Gasteiger partial charge on any atom is -0.411 e. The van der Waals surface area contributed by atoms with E-state index in [0.29, 0.717) is 12.3 Å². The summed E-state index contributed by atoms with van der Waals surface area (Å²) in [4.78, 5) is 0. The average Bonchev–Trinajstić information content (AvgIpc) is 2.80. The number of oxime groups is 1. The number of aromatic nitrogens is 2. The lowest BCUT2D eigenvalue weighted by Gasteiger charge is -2.04. The monoisotopic (exact) mass is 201 g/mol. The number of nitrogens with zero attached hydrogens (tertiary/aromatic N) is 3. The third-order valence-electron chi connectivity index (χ3n) is 2.10. The first-order chi connectivity index (χ1) is 7.40. The lowest BCUT2D eigenvalue weighted by atomic mass is 10.1. The normalized spacial score (nSPS) is 11.6. The molecule has 0 amide bonds. The molecule has 0 aliphatic carbocycles. The van der Waals surface area contributed by atoms with Gasteiger partial charge < -0.3 is 5.21 Å². The van der Waals surface area contributed by atoms with E-state index < -0.39 is 0 Å². The molecule has 0 saturated carbocycles. The largest absolute Gasteiger partial charge is 0.411 e. The van der Waals surface area contributed by atoms with Crippen molar-refractivity contribution in [3.8, 4) is 0 Å². The first-order valence-electron chi connectivity index (χ1n) is 4.64. The molecule has 0 spiro atoms. The average molecular weight is 201 g/mol. The molecule has 1 aromatic carbocycles. The van der Waals surface area contributed by atoms with Gasteiger partial charge in [-0.25, -0.2) is 0 Å². The highest BCUT2D eigenvalue weighted by atomic mass is 16.4. The molecule has 0 atom stereocenters. The molecule has 4 heteroatoms. The van der Waals surface area contributed by atoms with Gasteiger partial charge in [0, 0.05) is 18.0 Å². The van der Waals surface area contributed by atoms with E-state index in [4.69, 9.17) is 5.21 Å². The maximum Gasteiger partial charge on any atom is 0.108 e. The van der Waals surface area contributed by atoms with Gasteiger partial charge in [0.1, 0.15) is 5.71 Å². The standard InChI is InChI=1S/C11H11N3O/c15-13-11(9-14-8-4-7-12-14)10-5-2-1-3-6-10/h1-8,15H,9H2. The highest BCUT2D eigenvalue weighted by molar-refractivity contribution is 5.99. The number of benzene rings is 1. The Hall–Kier alpha value is -2.10. The Kier molecular flexibility index (Phi) is 2.78. The van der Waals surface area contributed by atoms with E-state index in [1.54, 1.807) is 10.9 Å². The van der Waals surface area contributed by atoms with Gasteiger partial charge >= 0.3 is 0 Å². The van der Waals surface area contributed by atoms with E-state index in [-0.39, 0.29) is 0 Å². The number of hydrogen-bond acceptors (Lipinski definition) is 3. The molecule has 76 valence electrons. The molecule has 0 radical (unpaired) electrons. The SMILES string of the molecule is ON=C(Cn1cccn1)c1ccccc1. The van der Waals surface area contributed by atoms with Gasteiger partial charge in [-0.2, -0.15) is 5.10 Å². The fourth-order valence-corrected chi connectivity index (χ4v) is 1.36. The van der Waals surface area contributed by atoms with Crippen LogP contribution in [0.25, 0.3) is 0 Å². The molecule has 15 heavy (non-hydrogen) atoms. The van der Waals surface area contributed by atoms with Crippen LogP contribution in [0.3, 0.4) is 0 Å². The maximum absolute atomic E-state index is 8.93. The van der Waals surface area contributed by atoms with Crippen LogP contribution in [0.5, 0.6) is 0 Å². The topological polar surface area (TPSA) is 50.4 Å². The van der Waals surface area contributed by atoms with Gasteiger partial charge in [0.05, 0.1) is 6.54 Å². The van der Waals surface area contributed by atoms with Crippen LogP contribution >= 0.6 is 0 Å². The van der Waals surface area contributed by atoms with Crippen LogP contribution in [0.4, 0.5) is 0 Å². The molecule has 4 nitrogen and oxygen atoms in total. The van der Waals surface area contributed by atoms with Crippen LogP contribution in [0.1, 0.15) is 5.56 Å². The summed E-state index contributed by atoms with van der Waals surface area (Å²) in [6.07, 6.45) is 3.52. The molecule has 0 aliphatic rings. The lowest BCUT2D eigenvalue weighted by Crippen LogP contribution is -2.11. The van der Waals surface area contributed by atoms with Crippen molar-refractivity contribution in [1.82, 2.24) is 9.78 Å². The van der Waals surface area contributed by atoms with Crippen molar-refractivity contribution >= 4 is 5.71 Å². The summed E-state index contributed by atoms with van der Waals surface area (Å²) in [5, 5.41) is 16.3. The fourth-order valence-electron chi connectivity index (χ4n) is 1.36. The van der Waals surface area contributed by atoms with Crippen LogP contribution in [-0.2, 0) is 6.54 Å². The molecular formula is C11H11N3O. The van der Waals surface area contributed by atoms with Crippen LogP contribution in [-0.4, -0.2) is 20.7 Å². The zero-order valence-electron chi connectivity index (χ0n) is 8.11. The Morgan fingerprint density at radius 1 is 1.27 bits per heavy atom. The van der Waals surface area contributed by atoms with E-state index in [1.165, 1.54) is 0 Å². The Morgan fingerprint density at radius 3 is 2.67 bits per heavy atom. The summed E-state index contributed by atoms with van der Waals surface area (Å²) in [5.74, 6) is 0. The third kappa shape index (κ3) is 2.22. The lowest BCUT2D eigenvalue weighted by molar-refractivity contribution is 0.317. The van der Waals surface area contributed by atoms with Gasteiger partial charge in [-0.3, -0.25) is 4.68 Å². The minimum atomic E-state index is 0.466. The van der Waals surface area contributed by atoms with E-state index in [1.807, 2.05) is 42.6 Å². The summed E-state index contributed by atoms with van der Waals surface area (Å²) < 4.78 is 1.71. The number of rotatable bonds is 3. The smallest absolute Gasteiger partial charge is 0.108 e. The van der Waals surface area contributed by atoms with Crippen molar-refractivity contribution in [3.05, 3.63) is 54.4 Å². The summed E-state index contributed by atoms with van der Waals surface area (Å²) in [6, 6.07) is 11.4. The van der Waals surface area contributed by atoms with Gasteiger partial charge in [0.15, 0.2) is 0 Å². The fraction of sp³-hybridized carbons (Fsp3) is 0.0909. The van der Waals surface area contributed by atoms with Gasteiger partial charge in [0.2, 0.25) is 0 Å². The van der Waals surface area contributed by atoms with Crippen LogP contribution < -0.4 is 0 Å². The van der Waals surface area contributed by atoms with Crippen molar-refractivity contribution in [2.45, 2.75) is 6.54 Å². The quantitative estimate of drug-likeness (QED) is 0.467. The molecule has 1 aromatic heterocycles. The Bertz CT molecular complexity index is 434. The van der Waals surface area contributed by atoms with Crippen LogP contribution in [0, 0.1) is 0 Å². The van der Waals surface area contributed by atoms with Gasteiger partial charge in [-0.05, 0) is 6.07 Å². The number of hydrogen-bond donors (Lipinski definition) is 1. The summed E-state index contributed by atoms with van der Waals surface area (Å²) in [7, 11) is 0. The summed E-state index contributed by atoms with van der Waals surface area (Å²) >= 11 is 0. The molecule has 2 rings (SSSR count). The van der Waals surface area contributed by atoms with E-state index >= 15 is 0 Å². The highest BCUT2D eigenvalue weighted by Gasteiger charge is 2.04. The van der Waals surface area contributed by atoms with E-state index in [2.05, 4.69) is 10.3 Å². The van der Waals surface area contributed by atoms with Crippen molar-refractivity contribution in [1.29, 1.82) is 0 Å². The first kappa shape index (κ1) is 9.45. The Morgan fingerprint density at radius 2 is 2.07 bits per heavy atom. The second-order valence-electron chi connectivity index (χ2n) is 3.12. The van der Waals surface area contributed by atoms with Crippen molar-refractivity contribution in [2.24, 2.45) is 5.16 Å². The zero-order chi connectivity index (χ0) is 10.5. The molecule has 0 aliphatic heterocycles. The zero-order valence-corrected chi connectivity index (χ0v) is 8.11. The van der Waals surface area contributed by atoms with E-state index in [0.717, 1.165) is 5.56 Å². The van der Waals surface area contributed by atoms with Gasteiger partial charge in [-0.1, -0.05) is 35.5 Å². The Labute approximate surface area is 87.5 Å². The van der Waals surface area contributed by atoms with Crippen molar-refractivity contribution < 1.29 is 5.21 Å². The van der Waals surface area contributed by atoms with Gasteiger partial charge in [0.25, 0.3) is 0 Å². The second-order valence-corrected chi connectivity index (χ2v) is 3.12. The Balaban J connectivity index is 2.20. The molecule has 1 heterocycles. The van der Waals surface area contributed by atoms with Crippen LogP contribution in [0.2, 0.25) is 0 Å². The summed E-state index contributed by atoms with van der Waals surface area (Å²) in [6.45, 7) is 0.466. The molecule has 0 bridgehead atoms. The molecule has 0 unspecified atom stereocenters. The molecule has 2 aromatic rings. The molecule has 0 fully saturated rings. The van der Waals surface area contributed by atoms with Gasteiger partial charge in [-0.15, -0.1) is 0 Å². The molecule has 0 saturated heterocycles. The minimum absolute atomic E-state index is 0.466. The predicted octanol–water partition coefficient (Wildman–Crippen LogP) is 1.76. The highest BCUT2D eigenvalue weighted by Crippen LogP contribution is 2.02. The summed E-state index contributed by atoms with van der Waals surface area (Å²) in [5.41, 5.74) is 1.50. The van der Waals surface area contributed by atoms with E-state index in [9.17, 15) is 0 Å². The van der Waals surface area contributed by atoms with Crippen LogP contribution in [0.15, 0.2) is 53.9 Å². The third-order valence-corrected chi connectivity index (χ3v) is 2.10.